The Hall–Kier alpha value is -2.81. The molecule has 0 aliphatic heterocycles. The third kappa shape index (κ3) is 4.83. The van der Waals surface area contributed by atoms with Crippen LogP contribution in [0, 0.1) is 11.3 Å². The maximum atomic E-state index is 9.27. The predicted molar refractivity (Wildman–Crippen MR) is 98.1 cm³/mol. The second kappa shape index (κ2) is 7.84. The van der Waals surface area contributed by atoms with Crippen LogP contribution in [0.5, 0.6) is 5.75 Å². The van der Waals surface area contributed by atoms with E-state index in [-0.39, 0.29) is 11.1 Å². The van der Waals surface area contributed by atoms with Gasteiger partial charge in [0.25, 0.3) is 5.88 Å². The van der Waals surface area contributed by atoms with Crippen LogP contribution in [0.2, 0.25) is 0 Å². The van der Waals surface area contributed by atoms with Gasteiger partial charge in [0, 0.05) is 12.5 Å². The molecule has 1 aromatic heterocycles. The fourth-order valence-corrected chi connectivity index (χ4v) is 2.00. The molecule has 2 aromatic rings. The van der Waals surface area contributed by atoms with Crippen molar-refractivity contribution in [2.45, 2.75) is 39.5 Å². The highest BCUT2D eigenvalue weighted by atomic mass is 16.5. The van der Waals surface area contributed by atoms with E-state index >= 15 is 0 Å². The first-order valence-corrected chi connectivity index (χ1v) is 8.27. The molecule has 0 saturated carbocycles. The Labute approximate surface area is 148 Å². The molecular formula is C19H24N4O2. The summed E-state index contributed by atoms with van der Waals surface area (Å²) in [4.78, 5) is 4.26. The van der Waals surface area contributed by atoms with Gasteiger partial charge in [0.15, 0.2) is 0 Å². The first kappa shape index (κ1) is 18.5. The van der Waals surface area contributed by atoms with Gasteiger partial charge in [-0.15, -0.1) is 0 Å². The summed E-state index contributed by atoms with van der Waals surface area (Å²) >= 11 is 0. The van der Waals surface area contributed by atoms with Crippen LogP contribution in [0.4, 0.5) is 5.88 Å². The molecule has 0 amide bonds. The summed E-state index contributed by atoms with van der Waals surface area (Å²) in [5.74, 6) is 1.69. The van der Waals surface area contributed by atoms with E-state index in [1.165, 1.54) is 5.01 Å². The summed E-state index contributed by atoms with van der Waals surface area (Å²) in [6.45, 7) is 8.72. The van der Waals surface area contributed by atoms with Crippen LogP contribution in [-0.2, 0) is 5.41 Å². The molecule has 0 N–H and O–H groups in total. The van der Waals surface area contributed by atoms with E-state index in [9.17, 15) is 5.26 Å². The maximum absolute atomic E-state index is 9.27. The quantitative estimate of drug-likeness (QED) is 0.584. The Morgan fingerprint density at radius 2 is 2.00 bits per heavy atom. The second-order valence-corrected chi connectivity index (χ2v) is 6.72. The van der Waals surface area contributed by atoms with Crippen molar-refractivity contribution in [3.05, 3.63) is 41.4 Å². The Bertz CT molecular complexity index is 764. The molecule has 1 heterocycles. The number of anilines is 1. The lowest BCUT2D eigenvalue weighted by Gasteiger charge is -2.13. The van der Waals surface area contributed by atoms with Crippen molar-refractivity contribution in [2.75, 3.05) is 18.7 Å². The number of oxazole rings is 1. The van der Waals surface area contributed by atoms with Crippen LogP contribution in [0.3, 0.4) is 0 Å². The third-order valence-corrected chi connectivity index (χ3v) is 3.38. The van der Waals surface area contributed by atoms with Gasteiger partial charge in [-0.1, -0.05) is 27.7 Å². The van der Waals surface area contributed by atoms with Gasteiger partial charge in [0.1, 0.15) is 11.8 Å². The van der Waals surface area contributed by atoms with Crippen molar-refractivity contribution in [1.29, 1.82) is 5.26 Å². The molecule has 0 radical (unpaired) electrons. The lowest BCUT2D eigenvalue weighted by atomic mass is 9.97. The summed E-state index contributed by atoms with van der Waals surface area (Å²) < 4.78 is 11.3. The van der Waals surface area contributed by atoms with Crippen molar-refractivity contribution in [1.82, 2.24) is 4.98 Å². The molecule has 132 valence electrons. The molecule has 25 heavy (non-hydrogen) atoms. The van der Waals surface area contributed by atoms with E-state index in [0.29, 0.717) is 18.4 Å². The van der Waals surface area contributed by atoms with Gasteiger partial charge in [-0.3, -0.25) is 0 Å². The Morgan fingerprint density at radius 1 is 1.32 bits per heavy atom. The van der Waals surface area contributed by atoms with Gasteiger partial charge < -0.3 is 9.15 Å². The zero-order chi connectivity index (χ0) is 18.4. The molecule has 6 nitrogen and oxygen atoms in total. The zero-order valence-electron chi connectivity index (χ0n) is 15.4. The molecule has 2 rings (SSSR count). The van der Waals surface area contributed by atoms with E-state index in [1.54, 1.807) is 13.3 Å². The number of aromatic nitrogens is 1. The summed E-state index contributed by atoms with van der Waals surface area (Å²) in [7, 11) is 1.73. The standard InChI is InChI=1S/C19H24N4O2/c1-6-11-24-15-9-7-14(8-10-15)13-21-23(5)17-16(12-20)22-18(25-17)19(2,3)4/h7-10,13H,6,11H2,1-5H3. The number of hydrogen-bond donors (Lipinski definition) is 0. The summed E-state index contributed by atoms with van der Waals surface area (Å²) in [6, 6.07) is 9.72. The molecule has 0 fully saturated rings. The molecule has 0 aliphatic carbocycles. The average Bonchev–Trinajstić information content (AvgIpc) is 3.03. The summed E-state index contributed by atoms with van der Waals surface area (Å²) in [5.41, 5.74) is 0.876. The van der Waals surface area contributed by atoms with Gasteiger partial charge in [-0.25, -0.2) is 5.01 Å². The Kier molecular flexibility index (Phi) is 5.81. The summed E-state index contributed by atoms with van der Waals surface area (Å²) in [5, 5.41) is 15.1. The number of hydrogen-bond acceptors (Lipinski definition) is 6. The van der Waals surface area contributed by atoms with Crippen molar-refractivity contribution in [3.8, 4) is 11.8 Å². The molecule has 0 bridgehead atoms. The van der Waals surface area contributed by atoms with E-state index < -0.39 is 0 Å². The highest BCUT2D eigenvalue weighted by molar-refractivity contribution is 5.80. The highest BCUT2D eigenvalue weighted by Crippen LogP contribution is 2.28. The molecule has 1 aromatic carbocycles. The van der Waals surface area contributed by atoms with Gasteiger partial charge >= 0.3 is 0 Å². The first-order valence-electron chi connectivity index (χ1n) is 8.27. The first-order chi connectivity index (χ1) is 11.8. The van der Waals surface area contributed by atoms with E-state index in [1.807, 2.05) is 45.0 Å². The van der Waals surface area contributed by atoms with Crippen molar-refractivity contribution >= 4 is 12.1 Å². The van der Waals surface area contributed by atoms with Crippen molar-refractivity contribution in [3.63, 3.8) is 0 Å². The minimum atomic E-state index is -0.275. The number of nitriles is 1. The molecule has 6 heteroatoms. The fourth-order valence-electron chi connectivity index (χ4n) is 2.00. The Balaban J connectivity index is 2.13. The number of benzene rings is 1. The van der Waals surface area contributed by atoms with Crippen LogP contribution >= 0.6 is 0 Å². The zero-order valence-corrected chi connectivity index (χ0v) is 15.4. The maximum Gasteiger partial charge on any atom is 0.254 e. The van der Waals surface area contributed by atoms with Crippen molar-refractivity contribution in [2.24, 2.45) is 5.10 Å². The SMILES string of the molecule is CCCOc1ccc(C=NN(C)c2oc(C(C)(C)C)nc2C#N)cc1. The minimum absolute atomic E-state index is 0.230. The molecule has 0 saturated heterocycles. The summed E-state index contributed by atoms with van der Waals surface area (Å²) in [6.07, 6.45) is 2.67. The average molecular weight is 340 g/mol. The lowest BCUT2D eigenvalue weighted by Crippen LogP contribution is -2.11. The van der Waals surface area contributed by atoms with E-state index in [4.69, 9.17) is 9.15 Å². The fraction of sp³-hybridized carbons (Fsp3) is 0.421. The van der Waals surface area contributed by atoms with Crippen LogP contribution in [0.15, 0.2) is 33.8 Å². The largest absolute Gasteiger partial charge is 0.494 e. The molecule has 0 atom stereocenters. The van der Waals surface area contributed by atoms with Crippen LogP contribution < -0.4 is 9.75 Å². The molecule has 0 spiro atoms. The van der Waals surface area contributed by atoms with E-state index in [2.05, 4.69) is 23.1 Å². The van der Waals surface area contributed by atoms with E-state index in [0.717, 1.165) is 17.7 Å². The predicted octanol–water partition coefficient (Wildman–Crippen LogP) is 4.10. The van der Waals surface area contributed by atoms with Crippen LogP contribution in [-0.4, -0.2) is 24.9 Å². The topological polar surface area (TPSA) is 74.7 Å². The number of nitrogens with zero attached hydrogens (tertiary/aromatic N) is 4. The van der Waals surface area contributed by atoms with Gasteiger partial charge in [0.05, 0.1) is 12.8 Å². The normalized spacial score (nSPS) is 11.5. The monoisotopic (exact) mass is 340 g/mol. The van der Waals surface area contributed by atoms with Crippen molar-refractivity contribution < 1.29 is 9.15 Å². The number of hydrazone groups is 1. The number of rotatable bonds is 6. The minimum Gasteiger partial charge on any atom is -0.494 e. The second-order valence-electron chi connectivity index (χ2n) is 6.72. The van der Waals surface area contributed by atoms with Gasteiger partial charge in [0.2, 0.25) is 11.6 Å². The third-order valence-electron chi connectivity index (χ3n) is 3.38. The molecule has 0 aliphatic rings. The molecule has 0 unspecified atom stereocenters. The highest BCUT2D eigenvalue weighted by Gasteiger charge is 2.25. The lowest BCUT2D eigenvalue weighted by molar-refractivity contribution is 0.317. The smallest absolute Gasteiger partial charge is 0.254 e. The molecular weight excluding hydrogens is 316 g/mol. The number of ether oxygens (including phenoxy) is 1. The Morgan fingerprint density at radius 3 is 2.56 bits per heavy atom. The van der Waals surface area contributed by atoms with Gasteiger partial charge in [-0.2, -0.15) is 15.3 Å². The van der Waals surface area contributed by atoms with Crippen LogP contribution in [0.25, 0.3) is 0 Å². The van der Waals surface area contributed by atoms with Crippen LogP contribution in [0.1, 0.15) is 51.3 Å². The van der Waals surface area contributed by atoms with Gasteiger partial charge in [-0.05, 0) is 36.2 Å².